The van der Waals surface area contributed by atoms with Crippen LogP contribution in [0.15, 0.2) is 29.4 Å². The minimum atomic E-state index is -3.79. The smallest absolute Gasteiger partial charge is 0.324 e. The Morgan fingerprint density at radius 2 is 2.00 bits per heavy atom. The molecule has 1 N–H and O–H groups in total. The van der Waals surface area contributed by atoms with E-state index in [2.05, 4.69) is 17.0 Å². The molecule has 1 aliphatic heterocycles. The topological polar surface area (TPSA) is 93.0 Å². The van der Waals surface area contributed by atoms with Gasteiger partial charge in [0.25, 0.3) is 0 Å². The number of carboxylic acids is 1. The van der Waals surface area contributed by atoms with Gasteiger partial charge in [0, 0.05) is 30.6 Å². The number of oxime groups is 1. The Bertz CT molecular complexity index is 903. The van der Waals surface area contributed by atoms with Gasteiger partial charge in [-0.1, -0.05) is 29.1 Å². The number of hydrogen-bond donors (Lipinski definition) is 1. The molecule has 6 nitrogen and oxygen atoms in total. The molecule has 3 rings (SSSR count). The van der Waals surface area contributed by atoms with Crippen LogP contribution in [0.4, 0.5) is 0 Å². The van der Waals surface area contributed by atoms with Crippen molar-refractivity contribution in [2.45, 2.75) is 43.5 Å². The van der Waals surface area contributed by atoms with E-state index in [0.29, 0.717) is 18.1 Å². The summed E-state index contributed by atoms with van der Waals surface area (Å²) < 4.78 is 21.9. The average Bonchev–Trinajstić information content (AvgIpc) is 3.30. The van der Waals surface area contributed by atoms with Crippen molar-refractivity contribution in [3.05, 3.63) is 35.4 Å². The molecular formula is C19H21NO5S. The molecule has 0 amide bonds. The third kappa shape index (κ3) is 3.91. The first kappa shape index (κ1) is 18.5. The molecule has 2 atom stereocenters. The highest BCUT2D eigenvalue weighted by Gasteiger charge is 2.47. The zero-order chi connectivity index (χ0) is 18.9. The minimum absolute atomic E-state index is 0.154. The second kappa shape index (κ2) is 6.76. The quantitative estimate of drug-likeness (QED) is 0.797. The molecule has 1 fully saturated rings. The van der Waals surface area contributed by atoms with Crippen LogP contribution in [-0.2, 0) is 19.5 Å². The fourth-order valence-electron chi connectivity index (χ4n) is 2.70. The second-order valence-corrected chi connectivity index (χ2v) is 9.55. The van der Waals surface area contributed by atoms with Crippen molar-refractivity contribution < 1.29 is 23.2 Å². The average molecular weight is 375 g/mol. The van der Waals surface area contributed by atoms with E-state index < -0.39 is 26.7 Å². The van der Waals surface area contributed by atoms with Crippen LogP contribution in [0.5, 0.6) is 0 Å². The molecule has 1 heterocycles. The number of hydrogen-bond acceptors (Lipinski definition) is 5. The third-order valence-electron chi connectivity index (χ3n) is 4.84. The van der Waals surface area contributed by atoms with Crippen molar-refractivity contribution in [3.8, 4) is 11.8 Å². The van der Waals surface area contributed by atoms with Crippen molar-refractivity contribution in [1.82, 2.24) is 0 Å². The number of rotatable bonds is 5. The third-order valence-corrected chi connectivity index (χ3v) is 6.82. The Morgan fingerprint density at radius 1 is 1.35 bits per heavy atom. The Hall–Kier alpha value is -2.33. The molecule has 1 aliphatic carbocycles. The minimum Gasteiger partial charge on any atom is -0.480 e. The highest BCUT2D eigenvalue weighted by molar-refractivity contribution is 7.92. The Kier molecular flexibility index (Phi) is 4.80. The van der Waals surface area contributed by atoms with E-state index in [1.54, 1.807) is 0 Å². The number of carboxylic acid groups (broad SMARTS) is 1. The van der Waals surface area contributed by atoms with E-state index in [1.807, 2.05) is 24.3 Å². The first-order valence-electron chi connectivity index (χ1n) is 8.47. The molecular weight excluding hydrogens is 354 g/mol. The Labute approximate surface area is 153 Å². The number of sulfone groups is 1. The summed E-state index contributed by atoms with van der Waals surface area (Å²) in [4.78, 5) is 16.8. The molecule has 1 aromatic rings. The lowest BCUT2D eigenvalue weighted by Gasteiger charge is -2.24. The highest BCUT2D eigenvalue weighted by Crippen LogP contribution is 2.30. The van der Waals surface area contributed by atoms with Gasteiger partial charge in [0.05, 0.1) is 5.71 Å². The molecule has 0 radical (unpaired) electrons. The molecule has 1 aromatic carbocycles. The maximum Gasteiger partial charge on any atom is 0.324 e. The van der Waals surface area contributed by atoms with E-state index in [-0.39, 0.29) is 6.42 Å². The lowest BCUT2D eigenvalue weighted by Crippen LogP contribution is -2.45. The molecule has 138 valence electrons. The van der Waals surface area contributed by atoms with Gasteiger partial charge in [-0.25, -0.2) is 8.42 Å². The number of benzene rings is 1. The van der Waals surface area contributed by atoms with Crippen LogP contribution in [0.2, 0.25) is 0 Å². The fraction of sp³-hybridized carbons (Fsp3) is 0.474. The van der Waals surface area contributed by atoms with Crippen LogP contribution in [0, 0.1) is 17.8 Å². The number of aliphatic carboxylic acids is 1. The molecule has 2 aliphatic rings. The van der Waals surface area contributed by atoms with E-state index in [1.165, 1.54) is 19.8 Å². The lowest BCUT2D eigenvalue weighted by atomic mass is 9.97. The van der Waals surface area contributed by atoms with Crippen LogP contribution in [0.3, 0.4) is 0 Å². The van der Waals surface area contributed by atoms with Gasteiger partial charge in [-0.3, -0.25) is 4.79 Å². The highest BCUT2D eigenvalue weighted by atomic mass is 32.2. The molecule has 7 heteroatoms. The van der Waals surface area contributed by atoms with Gasteiger partial charge in [0.15, 0.2) is 14.6 Å². The monoisotopic (exact) mass is 375 g/mol. The van der Waals surface area contributed by atoms with Gasteiger partial charge in [0.2, 0.25) is 0 Å². The standard InChI is InChI=1S/C19H21NO5S/c1-19(18(21)22,26(2,23)24)12-16-11-17(20-25-16)15-9-7-14(8-10-15)6-5-13-3-4-13/h7-10,13,16H,3-4,11-12H2,1-2H3,(H,21,22)/t16-,19?/m1/s1. The molecule has 0 saturated heterocycles. The molecule has 1 saturated carbocycles. The summed E-state index contributed by atoms with van der Waals surface area (Å²) in [6, 6.07) is 7.62. The summed E-state index contributed by atoms with van der Waals surface area (Å²) in [6.45, 7) is 1.21. The second-order valence-electron chi connectivity index (χ2n) is 7.10. The maximum atomic E-state index is 11.9. The molecule has 0 bridgehead atoms. The van der Waals surface area contributed by atoms with Crippen molar-refractivity contribution in [2.75, 3.05) is 6.26 Å². The van der Waals surface area contributed by atoms with E-state index in [4.69, 9.17) is 4.84 Å². The fourth-order valence-corrected chi connectivity index (χ4v) is 3.50. The van der Waals surface area contributed by atoms with E-state index >= 15 is 0 Å². The Morgan fingerprint density at radius 3 is 2.54 bits per heavy atom. The van der Waals surface area contributed by atoms with E-state index in [0.717, 1.165) is 17.4 Å². The first-order valence-corrected chi connectivity index (χ1v) is 10.4. The van der Waals surface area contributed by atoms with Gasteiger partial charge in [0.1, 0.15) is 6.10 Å². The summed E-state index contributed by atoms with van der Waals surface area (Å²) in [5.41, 5.74) is 2.48. The van der Waals surface area contributed by atoms with E-state index in [9.17, 15) is 18.3 Å². The predicted octanol–water partition coefficient (Wildman–Crippen LogP) is 2.22. The molecule has 26 heavy (non-hydrogen) atoms. The largest absolute Gasteiger partial charge is 0.480 e. The van der Waals surface area contributed by atoms with Crippen molar-refractivity contribution in [3.63, 3.8) is 0 Å². The maximum absolute atomic E-state index is 11.9. The summed E-state index contributed by atoms with van der Waals surface area (Å²) in [6.07, 6.45) is 2.92. The Balaban J connectivity index is 1.66. The van der Waals surface area contributed by atoms with Crippen molar-refractivity contribution in [1.29, 1.82) is 0 Å². The normalized spacial score (nSPS) is 21.8. The van der Waals surface area contributed by atoms with Gasteiger partial charge >= 0.3 is 5.97 Å². The van der Waals surface area contributed by atoms with Crippen LogP contribution in [0.25, 0.3) is 0 Å². The summed E-state index contributed by atoms with van der Waals surface area (Å²) in [5.74, 6) is 5.51. The summed E-state index contributed by atoms with van der Waals surface area (Å²) >= 11 is 0. The molecule has 0 aromatic heterocycles. The van der Waals surface area contributed by atoms with Crippen LogP contribution < -0.4 is 0 Å². The van der Waals surface area contributed by atoms with Crippen LogP contribution in [-0.4, -0.2) is 42.3 Å². The summed E-state index contributed by atoms with van der Waals surface area (Å²) in [5, 5.41) is 13.4. The number of nitrogens with zero attached hydrogens (tertiary/aromatic N) is 1. The van der Waals surface area contributed by atoms with Crippen LogP contribution in [0.1, 0.15) is 43.7 Å². The number of carbonyl (C=O) groups is 1. The zero-order valence-electron chi connectivity index (χ0n) is 14.7. The van der Waals surface area contributed by atoms with Crippen molar-refractivity contribution in [2.24, 2.45) is 11.1 Å². The lowest BCUT2D eigenvalue weighted by molar-refractivity contribution is -0.140. The van der Waals surface area contributed by atoms with Gasteiger partial charge in [-0.15, -0.1) is 0 Å². The molecule has 0 spiro atoms. The van der Waals surface area contributed by atoms with Crippen molar-refractivity contribution >= 4 is 21.5 Å². The van der Waals surface area contributed by atoms with Crippen LogP contribution >= 0.6 is 0 Å². The first-order chi connectivity index (χ1) is 12.2. The van der Waals surface area contributed by atoms with Gasteiger partial charge in [-0.05, 0) is 37.5 Å². The van der Waals surface area contributed by atoms with Gasteiger partial charge in [-0.2, -0.15) is 0 Å². The molecule has 1 unspecified atom stereocenters. The zero-order valence-corrected chi connectivity index (χ0v) is 15.5. The summed E-state index contributed by atoms with van der Waals surface area (Å²) in [7, 11) is -3.79. The predicted molar refractivity (Wildman–Crippen MR) is 97.6 cm³/mol. The SMILES string of the molecule is CC(C[C@H]1CC(c2ccc(C#CC3CC3)cc2)=NO1)(C(=O)O)S(C)(=O)=O. The van der Waals surface area contributed by atoms with Gasteiger partial charge < -0.3 is 9.94 Å².